The van der Waals surface area contributed by atoms with Gasteiger partial charge in [0.25, 0.3) is 0 Å². The predicted octanol–water partition coefficient (Wildman–Crippen LogP) is 5.45. The van der Waals surface area contributed by atoms with Gasteiger partial charge < -0.3 is 26.4 Å². The number of esters is 1. The first kappa shape index (κ1) is 34.2. The molecule has 8 nitrogen and oxygen atoms in total. The first-order valence-corrected chi connectivity index (χ1v) is 15.8. The van der Waals surface area contributed by atoms with Crippen LogP contribution < -0.4 is 21.7 Å². The van der Waals surface area contributed by atoms with E-state index in [1.165, 1.54) is 6.08 Å². The quantitative estimate of drug-likeness (QED) is 0.209. The lowest BCUT2D eigenvalue weighted by molar-refractivity contribution is -0.152. The molecule has 5 N–H and O–H groups in total. The molecule has 1 aromatic rings. The van der Waals surface area contributed by atoms with E-state index in [2.05, 4.69) is 43.3 Å². The number of carbonyl (C=O) groups is 3. The van der Waals surface area contributed by atoms with Gasteiger partial charge in [-0.2, -0.15) is 0 Å². The fraction of sp³-hybridized carbons (Fsp3) is 0.545. The fourth-order valence-electron chi connectivity index (χ4n) is 6.79. The van der Waals surface area contributed by atoms with E-state index in [9.17, 15) is 18.8 Å². The summed E-state index contributed by atoms with van der Waals surface area (Å²) in [5, 5.41) is 10.3. The van der Waals surface area contributed by atoms with Gasteiger partial charge in [-0.3, -0.25) is 14.4 Å². The number of alkyl halides is 1. The lowest BCUT2D eigenvalue weighted by Gasteiger charge is -2.38. The molecular weight excluding hydrogens is 606 g/mol. The van der Waals surface area contributed by atoms with Crippen molar-refractivity contribution in [3.8, 4) is 0 Å². The molecule has 44 heavy (non-hydrogen) atoms. The predicted molar refractivity (Wildman–Crippen MR) is 172 cm³/mol. The molecule has 1 saturated heterocycles. The molecule has 0 bridgehead atoms. The number of ether oxygens (including phenoxy) is 1. The van der Waals surface area contributed by atoms with Crippen LogP contribution in [-0.2, 0) is 24.5 Å². The molecule has 1 aromatic carbocycles. The van der Waals surface area contributed by atoms with Crippen molar-refractivity contribution in [3.05, 3.63) is 64.2 Å². The van der Waals surface area contributed by atoms with Crippen molar-refractivity contribution in [1.82, 2.24) is 10.6 Å². The number of benzene rings is 1. The Balaban J connectivity index is 1.69. The highest BCUT2D eigenvalue weighted by molar-refractivity contribution is 6.31. The Labute approximate surface area is 269 Å². The van der Waals surface area contributed by atoms with Crippen molar-refractivity contribution in [3.63, 3.8) is 0 Å². The van der Waals surface area contributed by atoms with Crippen LogP contribution in [0.25, 0.3) is 0 Å². The third-order valence-corrected chi connectivity index (χ3v) is 9.16. The smallest absolute Gasteiger partial charge is 0.322 e. The monoisotopic (exact) mass is 648 g/mol. The third kappa shape index (κ3) is 7.22. The van der Waals surface area contributed by atoms with Crippen LogP contribution in [0.4, 0.5) is 10.1 Å². The van der Waals surface area contributed by atoms with Gasteiger partial charge in [-0.1, -0.05) is 68.8 Å². The number of nitrogens with one attached hydrogen (secondary N) is 3. The van der Waals surface area contributed by atoms with Crippen molar-refractivity contribution in [2.24, 2.45) is 17.1 Å². The molecule has 11 heteroatoms. The summed E-state index contributed by atoms with van der Waals surface area (Å²) in [5.41, 5.74) is 6.15. The molecule has 4 rings (SSSR count). The van der Waals surface area contributed by atoms with Crippen molar-refractivity contribution in [2.45, 2.75) is 95.5 Å². The van der Waals surface area contributed by atoms with Crippen LogP contribution >= 0.6 is 23.2 Å². The van der Waals surface area contributed by atoms with E-state index in [1.807, 2.05) is 6.07 Å². The Kier molecular flexibility index (Phi) is 10.7. The average molecular weight is 650 g/mol. The number of nitrogens with two attached hydrogens (primary N) is 1. The number of allylic oxidation sites excluding steroid dienone is 4. The summed E-state index contributed by atoms with van der Waals surface area (Å²) in [4.78, 5) is 40.3. The van der Waals surface area contributed by atoms with Crippen molar-refractivity contribution in [2.75, 3.05) is 12.0 Å². The van der Waals surface area contributed by atoms with Crippen LogP contribution in [0.2, 0.25) is 5.02 Å². The Morgan fingerprint density at radius 2 is 1.95 bits per heavy atom. The van der Waals surface area contributed by atoms with Gasteiger partial charge in [0.2, 0.25) is 11.8 Å². The first-order valence-electron chi connectivity index (χ1n) is 15.1. The van der Waals surface area contributed by atoms with E-state index < -0.39 is 42.1 Å². The lowest BCUT2D eigenvalue weighted by atomic mass is 9.62. The molecule has 2 fully saturated rings. The highest BCUT2D eigenvalue weighted by atomic mass is 35.5. The maximum atomic E-state index is 14.2. The molecule has 2 amide bonds. The summed E-state index contributed by atoms with van der Waals surface area (Å²) in [7, 11) is 0. The molecule has 0 unspecified atom stereocenters. The summed E-state index contributed by atoms with van der Waals surface area (Å²) in [6.07, 6.45) is 7.53. The minimum atomic E-state index is -1.17. The zero-order valence-electron chi connectivity index (χ0n) is 25.7. The molecule has 1 spiro atoms. The van der Waals surface area contributed by atoms with Crippen molar-refractivity contribution in [1.29, 1.82) is 0 Å². The number of amides is 2. The third-order valence-electron chi connectivity index (χ3n) is 8.69. The van der Waals surface area contributed by atoms with Gasteiger partial charge >= 0.3 is 5.97 Å². The number of carbonyl (C=O) groups excluding carboxylic acids is 3. The molecule has 0 aromatic heterocycles. The van der Waals surface area contributed by atoms with Crippen molar-refractivity contribution < 1.29 is 23.5 Å². The van der Waals surface area contributed by atoms with Crippen LogP contribution in [-0.4, -0.2) is 54.7 Å². The van der Waals surface area contributed by atoms with Gasteiger partial charge in [0.1, 0.15) is 24.2 Å². The minimum Gasteiger partial charge on any atom is -0.461 e. The Morgan fingerprint density at radius 1 is 1.27 bits per heavy atom. The second-order valence-corrected chi connectivity index (χ2v) is 14.3. The van der Waals surface area contributed by atoms with E-state index in [0.717, 1.165) is 5.56 Å². The summed E-state index contributed by atoms with van der Waals surface area (Å²) in [6, 6.07) is 3.27. The van der Waals surface area contributed by atoms with Gasteiger partial charge in [-0.15, -0.1) is 0 Å². The maximum Gasteiger partial charge on any atom is 0.322 e. The van der Waals surface area contributed by atoms with Crippen LogP contribution in [0.1, 0.15) is 65.4 Å². The average Bonchev–Trinajstić information content (AvgIpc) is 3.42. The van der Waals surface area contributed by atoms with E-state index in [-0.39, 0.29) is 34.4 Å². The first-order chi connectivity index (χ1) is 20.7. The normalized spacial score (nSPS) is 29.4. The largest absolute Gasteiger partial charge is 0.461 e. The molecule has 1 saturated carbocycles. The summed E-state index contributed by atoms with van der Waals surface area (Å²) in [5.74, 6) is -1.60. The standard InChI is InChI=1S/C33H43Cl2FN4O4/c1-18(7-6-8-21(35)17-36)27-28(29(41)38-22-10-12-23(13-11-22)44-30(42)19(2)37)40-26(16-32(3,4)5)33(27)24-14-9-20(34)15-25(24)39-31(33)43/h6-9,14-15,19,22-23,26-28,40H,1,10-13,16-17,37H2,2-5H3,(H,38,41)(H,39,43)/b7-6-,21-8+/t19-,22-,23-,26-,27+,28-,33+/m1/s1. The second-order valence-electron chi connectivity index (χ2n) is 13.3. The van der Waals surface area contributed by atoms with Gasteiger partial charge in [0.05, 0.1) is 6.04 Å². The highest BCUT2D eigenvalue weighted by Crippen LogP contribution is 2.55. The molecule has 2 aliphatic heterocycles. The zero-order valence-corrected chi connectivity index (χ0v) is 27.2. The number of fused-ring (bicyclic) bond motifs is 2. The summed E-state index contributed by atoms with van der Waals surface area (Å²) in [6.45, 7) is 11.4. The van der Waals surface area contributed by atoms with Gasteiger partial charge in [-0.05, 0) is 73.8 Å². The SMILES string of the molecule is C=C(/C=C\C=C(\Cl)CF)[C@H]1[C@H](C(=O)N[C@H]2CC[C@H](OC(=O)[C@@H](C)N)CC2)N[C@H](CC(C)(C)C)[C@]12C(=O)Nc1cc(Cl)ccc12. The number of anilines is 1. The Morgan fingerprint density at radius 3 is 2.57 bits per heavy atom. The van der Waals surface area contributed by atoms with Gasteiger partial charge in [0, 0.05) is 33.7 Å². The lowest BCUT2D eigenvalue weighted by Crippen LogP contribution is -2.51. The van der Waals surface area contributed by atoms with Crippen LogP contribution in [0.3, 0.4) is 0 Å². The number of hydrogen-bond donors (Lipinski definition) is 4. The van der Waals surface area contributed by atoms with Crippen LogP contribution in [0.15, 0.2) is 53.6 Å². The molecule has 5 atom stereocenters. The van der Waals surface area contributed by atoms with E-state index in [0.29, 0.717) is 48.4 Å². The van der Waals surface area contributed by atoms with Gasteiger partial charge in [-0.25, -0.2) is 4.39 Å². The summed E-state index contributed by atoms with van der Waals surface area (Å²) >= 11 is 12.2. The Hall–Kier alpha value is -2.72. The van der Waals surface area contributed by atoms with Crippen molar-refractivity contribution >= 4 is 46.7 Å². The fourth-order valence-corrected chi connectivity index (χ4v) is 7.03. The Bertz CT molecular complexity index is 1350. The highest BCUT2D eigenvalue weighted by Gasteiger charge is 2.65. The van der Waals surface area contributed by atoms with Gasteiger partial charge in [0.15, 0.2) is 0 Å². The number of hydrogen-bond acceptors (Lipinski definition) is 6. The molecule has 0 radical (unpaired) electrons. The molecule has 1 aliphatic carbocycles. The molecule has 2 heterocycles. The van der Waals surface area contributed by atoms with E-state index in [4.69, 9.17) is 33.7 Å². The van der Waals surface area contributed by atoms with E-state index >= 15 is 0 Å². The minimum absolute atomic E-state index is 0.0222. The van der Waals surface area contributed by atoms with E-state index in [1.54, 1.807) is 31.2 Å². The topological polar surface area (TPSA) is 123 Å². The molecule has 3 aliphatic rings. The second kappa shape index (κ2) is 13.7. The number of halogens is 3. The summed E-state index contributed by atoms with van der Waals surface area (Å²) < 4.78 is 18.5. The van der Waals surface area contributed by atoms with Crippen LogP contribution in [0, 0.1) is 11.3 Å². The molecular formula is C33H43Cl2FN4O4. The zero-order chi connectivity index (χ0) is 32.4. The number of rotatable bonds is 9. The maximum absolute atomic E-state index is 14.2. The van der Waals surface area contributed by atoms with Crippen LogP contribution in [0.5, 0.6) is 0 Å². The molecule has 240 valence electrons.